The van der Waals surface area contributed by atoms with Crippen molar-refractivity contribution in [3.05, 3.63) is 29.8 Å². The Bertz CT molecular complexity index is 223. The summed E-state index contributed by atoms with van der Waals surface area (Å²) in [5.41, 5.74) is 0.331. The molecule has 10 heavy (non-hydrogen) atoms. The largest absolute Gasteiger partial charge is 0.507 e. The van der Waals surface area contributed by atoms with Gasteiger partial charge >= 0.3 is 0 Å². The maximum absolute atomic E-state index is 10.1. The summed E-state index contributed by atoms with van der Waals surface area (Å²) < 4.78 is 0. The van der Waals surface area contributed by atoms with Crippen molar-refractivity contribution in [1.29, 1.82) is 0 Å². The molecule has 1 atom stereocenters. The zero-order valence-corrected chi connectivity index (χ0v) is 6.86. The smallest absolute Gasteiger partial charge is 0.153 e. The Labute approximate surface area is 62.5 Å². The summed E-state index contributed by atoms with van der Waals surface area (Å²) >= 11 is 0. The van der Waals surface area contributed by atoms with Crippen LogP contribution >= 0.6 is 9.90 Å². The second-order valence-electron chi connectivity index (χ2n) is 1.68. The topological polar surface area (TPSA) is 37.3 Å². The van der Waals surface area contributed by atoms with Crippen molar-refractivity contribution in [2.75, 3.05) is 0 Å². The van der Waals surface area contributed by atoms with Crippen LogP contribution in [0.2, 0.25) is 0 Å². The van der Waals surface area contributed by atoms with Crippen LogP contribution < -0.4 is 0 Å². The van der Waals surface area contributed by atoms with Gasteiger partial charge in [-0.2, -0.15) is 9.90 Å². The van der Waals surface area contributed by atoms with E-state index in [4.69, 9.17) is 5.11 Å². The highest BCUT2D eigenvalue weighted by Crippen LogP contribution is 2.11. The average Bonchev–Trinajstić information content (AvgIpc) is 1.89. The van der Waals surface area contributed by atoms with Crippen molar-refractivity contribution in [1.82, 2.24) is 0 Å². The molecular formula is C7H9O2P. The van der Waals surface area contributed by atoms with E-state index in [0.29, 0.717) is 11.8 Å². The van der Waals surface area contributed by atoms with E-state index in [1.54, 1.807) is 18.2 Å². The van der Waals surface area contributed by atoms with E-state index < -0.39 is 0 Å². The van der Waals surface area contributed by atoms with Gasteiger partial charge in [-0.1, -0.05) is 12.1 Å². The number of benzene rings is 1. The standard InChI is InChI=1S/C7H6O2.H3P/c8-5-6-3-1-2-4-7(6)9;/h1-5,9H;1H3. The highest BCUT2D eigenvalue weighted by Gasteiger charge is 1.93. The van der Waals surface area contributed by atoms with Gasteiger partial charge in [-0.3, -0.25) is 4.79 Å². The Kier molecular flexibility index (Phi) is 3.67. The van der Waals surface area contributed by atoms with Crippen molar-refractivity contribution in [2.24, 2.45) is 0 Å². The molecule has 0 aliphatic rings. The number of para-hydroxylation sites is 1. The zero-order chi connectivity index (χ0) is 6.69. The Morgan fingerprint density at radius 1 is 1.30 bits per heavy atom. The Morgan fingerprint density at radius 3 is 2.30 bits per heavy atom. The van der Waals surface area contributed by atoms with Gasteiger partial charge in [0.05, 0.1) is 5.56 Å². The van der Waals surface area contributed by atoms with E-state index in [2.05, 4.69) is 0 Å². The lowest BCUT2D eigenvalue weighted by atomic mass is 10.2. The van der Waals surface area contributed by atoms with Crippen molar-refractivity contribution in [3.63, 3.8) is 0 Å². The van der Waals surface area contributed by atoms with Gasteiger partial charge in [0.15, 0.2) is 6.29 Å². The molecule has 54 valence electrons. The maximum atomic E-state index is 10.1. The van der Waals surface area contributed by atoms with E-state index in [1.807, 2.05) is 0 Å². The van der Waals surface area contributed by atoms with Crippen LogP contribution in [0.25, 0.3) is 0 Å². The zero-order valence-electron chi connectivity index (χ0n) is 5.45. The van der Waals surface area contributed by atoms with Crippen molar-refractivity contribution >= 4 is 16.2 Å². The fourth-order valence-corrected chi connectivity index (χ4v) is 0.587. The van der Waals surface area contributed by atoms with Crippen LogP contribution in [0.5, 0.6) is 5.75 Å². The summed E-state index contributed by atoms with van der Waals surface area (Å²) in [5.74, 6) is 0.0347. The number of carbonyl (C=O) groups is 1. The first kappa shape index (κ1) is 9.12. The third-order valence-corrected chi connectivity index (χ3v) is 1.06. The molecule has 0 amide bonds. The number of aldehydes is 1. The minimum atomic E-state index is 0. The molecule has 1 aromatic carbocycles. The Balaban J connectivity index is 0.000000810. The lowest BCUT2D eigenvalue weighted by molar-refractivity contribution is 0.112. The van der Waals surface area contributed by atoms with Gasteiger partial charge in [0.25, 0.3) is 0 Å². The molecule has 0 saturated carbocycles. The predicted octanol–water partition coefficient (Wildman–Crippen LogP) is 1.26. The minimum Gasteiger partial charge on any atom is -0.507 e. The lowest BCUT2D eigenvalue weighted by Crippen LogP contribution is -1.77. The van der Waals surface area contributed by atoms with Gasteiger partial charge < -0.3 is 5.11 Å². The van der Waals surface area contributed by atoms with Crippen LogP contribution in [0.4, 0.5) is 0 Å². The first-order valence-electron chi connectivity index (χ1n) is 2.58. The van der Waals surface area contributed by atoms with Crippen LogP contribution in [-0.4, -0.2) is 11.4 Å². The molecule has 0 aromatic heterocycles. The van der Waals surface area contributed by atoms with Gasteiger partial charge in [0.2, 0.25) is 0 Å². The second kappa shape index (κ2) is 4.02. The summed E-state index contributed by atoms with van der Waals surface area (Å²) in [5, 5.41) is 8.88. The summed E-state index contributed by atoms with van der Waals surface area (Å²) in [6.07, 6.45) is 0.620. The Hall–Kier alpha value is -0.880. The van der Waals surface area contributed by atoms with Crippen LogP contribution in [-0.2, 0) is 0 Å². The van der Waals surface area contributed by atoms with Crippen LogP contribution in [0, 0.1) is 0 Å². The van der Waals surface area contributed by atoms with E-state index in [0.717, 1.165) is 0 Å². The van der Waals surface area contributed by atoms with Crippen molar-refractivity contribution in [2.45, 2.75) is 0 Å². The molecule has 3 heteroatoms. The molecule has 0 heterocycles. The van der Waals surface area contributed by atoms with Crippen LogP contribution in [0.15, 0.2) is 24.3 Å². The molecule has 0 fully saturated rings. The molecule has 1 N–H and O–H groups in total. The normalized spacial score (nSPS) is 8.00. The van der Waals surface area contributed by atoms with Crippen LogP contribution in [0.3, 0.4) is 0 Å². The Morgan fingerprint density at radius 2 is 1.90 bits per heavy atom. The number of phenols is 1. The predicted molar refractivity (Wildman–Crippen MR) is 44.6 cm³/mol. The van der Waals surface area contributed by atoms with E-state index >= 15 is 0 Å². The second-order valence-corrected chi connectivity index (χ2v) is 1.68. The molecule has 0 bridgehead atoms. The average molecular weight is 156 g/mol. The molecule has 1 aromatic rings. The summed E-state index contributed by atoms with van der Waals surface area (Å²) in [6.45, 7) is 0. The number of hydrogen-bond donors (Lipinski definition) is 1. The molecule has 0 radical (unpaired) electrons. The molecule has 0 saturated heterocycles. The third kappa shape index (κ3) is 1.82. The summed E-state index contributed by atoms with van der Waals surface area (Å²) in [4.78, 5) is 10.1. The fourth-order valence-electron chi connectivity index (χ4n) is 0.587. The van der Waals surface area contributed by atoms with Gasteiger partial charge in [0, 0.05) is 0 Å². The van der Waals surface area contributed by atoms with E-state index in [1.165, 1.54) is 6.07 Å². The van der Waals surface area contributed by atoms with Gasteiger partial charge in [0.1, 0.15) is 5.75 Å². The SMILES string of the molecule is O=Cc1ccccc1O.P. The monoisotopic (exact) mass is 156 g/mol. The van der Waals surface area contributed by atoms with E-state index in [9.17, 15) is 4.79 Å². The van der Waals surface area contributed by atoms with Crippen LogP contribution in [0.1, 0.15) is 10.4 Å². The molecule has 2 nitrogen and oxygen atoms in total. The third-order valence-electron chi connectivity index (χ3n) is 1.06. The lowest BCUT2D eigenvalue weighted by Gasteiger charge is -1.91. The van der Waals surface area contributed by atoms with Gasteiger partial charge in [-0.25, -0.2) is 0 Å². The van der Waals surface area contributed by atoms with Crippen molar-refractivity contribution in [3.8, 4) is 5.75 Å². The maximum Gasteiger partial charge on any atom is 0.153 e. The minimum absolute atomic E-state index is 0. The van der Waals surface area contributed by atoms with Gasteiger partial charge in [-0.05, 0) is 12.1 Å². The summed E-state index contributed by atoms with van der Waals surface area (Å²) in [6, 6.07) is 6.40. The molecule has 0 aliphatic carbocycles. The van der Waals surface area contributed by atoms with Crippen molar-refractivity contribution < 1.29 is 9.90 Å². The molecular weight excluding hydrogens is 147 g/mol. The number of hydrogen-bond acceptors (Lipinski definition) is 2. The van der Waals surface area contributed by atoms with E-state index in [-0.39, 0.29) is 15.6 Å². The molecule has 0 aliphatic heterocycles. The molecule has 1 unspecified atom stereocenters. The first-order valence-corrected chi connectivity index (χ1v) is 2.58. The molecule has 0 spiro atoms. The number of aromatic hydroxyl groups is 1. The first-order chi connectivity index (χ1) is 4.34. The number of rotatable bonds is 1. The molecule has 1 rings (SSSR count). The highest BCUT2D eigenvalue weighted by molar-refractivity contribution is 6.92. The highest BCUT2D eigenvalue weighted by atomic mass is 31.0. The fraction of sp³-hybridized carbons (Fsp3) is 0. The summed E-state index contributed by atoms with van der Waals surface area (Å²) in [7, 11) is 0. The number of phenolic OH excluding ortho intramolecular Hbond substituents is 1. The number of carbonyl (C=O) groups excluding carboxylic acids is 1. The quantitative estimate of drug-likeness (QED) is 0.491. The van der Waals surface area contributed by atoms with Gasteiger partial charge in [-0.15, -0.1) is 0 Å².